The van der Waals surface area contributed by atoms with Crippen LogP contribution < -0.4 is 0 Å². The number of nitrogens with zero attached hydrogens (tertiary/aromatic N) is 1. The summed E-state index contributed by atoms with van der Waals surface area (Å²) in [5.41, 5.74) is 0.795. The highest BCUT2D eigenvalue weighted by Gasteiger charge is 2.16. The number of aliphatic carboxylic acids is 1. The summed E-state index contributed by atoms with van der Waals surface area (Å²) in [5, 5.41) is 17.8. The smallest absolute Gasteiger partial charge is 0.321 e. The molecule has 0 spiro atoms. The fourth-order valence-corrected chi connectivity index (χ4v) is 1.17. The van der Waals surface area contributed by atoms with Gasteiger partial charge >= 0.3 is 5.97 Å². The molecule has 4 heteroatoms. The van der Waals surface area contributed by atoms with Crippen molar-refractivity contribution in [3.63, 3.8) is 0 Å². The van der Waals surface area contributed by atoms with Crippen LogP contribution in [0.5, 0.6) is 0 Å². The second-order valence-corrected chi connectivity index (χ2v) is 3.29. The number of halogens is 1. The molecule has 1 N–H and O–H groups in total. The van der Waals surface area contributed by atoms with Crippen LogP contribution in [0.3, 0.4) is 0 Å². The van der Waals surface area contributed by atoms with Crippen molar-refractivity contribution in [1.82, 2.24) is 0 Å². The van der Waals surface area contributed by atoms with E-state index in [-0.39, 0.29) is 6.42 Å². The maximum absolute atomic E-state index is 10.6. The van der Waals surface area contributed by atoms with Gasteiger partial charge in [-0.15, -0.1) is 0 Å². The first-order valence-corrected chi connectivity index (χ1v) is 4.38. The van der Waals surface area contributed by atoms with Crippen LogP contribution >= 0.6 is 11.6 Å². The molecule has 0 fully saturated rings. The SMILES string of the molecule is N#C[C@H](Cc1ccc(Cl)cc1)C(=O)O. The van der Waals surface area contributed by atoms with E-state index in [4.69, 9.17) is 22.0 Å². The van der Waals surface area contributed by atoms with Crippen LogP contribution in [0.15, 0.2) is 24.3 Å². The zero-order valence-electron chi connectivity index (χ0n) is 7.27. The molecule has 3 nitrogen and oxygen atoms in total. The summed E-state index contributed by atoms with van der Waals surface area (Å²) < 4.78 is 0. The third-order valence-electron chi connectivity index (χ3n) is 1.81. The molecule has 0 heterocycles. The molecule has 1 atom stereocenters. The molecule has 1 aromatic rings. The lowest BCUT2D eigenvalue weighted by Gasteiger charge is -2.03. The molecule has 0 unspecified atom stereocenters. The Hall–Kier alpha value is -1.53. The number of carboxylic acids is 1. The van der Waals surface area contributed by atoms with E-state index in [1.807, 2.05) is 0 Å². The molecule has 1 aromatic carbocycles. The van der Waals surface area contributed by atoms with Gasteiger partial charge in [-0.05, 0) is 24.1 Å². The van der Waals surface area contributed by atoms with E-state index in [1.165, 1.54) is 0 Å². The number of benzene rings is 1. The summed E-state index contributed by atoms with van der Waals surface area (Å²) in [6, 6.07) is 8.52. The highest BCUT2D eigenvalue weighted by molar-refractivity contribution is 6.30. The second-order valence-electron chi connectivity index (χ2n) is 2.85. The van der Waals surface area contributed by atoms with Crippen molar-refractivity contribution in [3.05, 3.63) is 34.9 Å². The van der Waals surface area contributed by atoms with Gasteiger partial charge in [0.2, 0.25) is 0 Å². The van der Waals surface area contributed by atoms with Crippen molar-refractivity contribution in [2.75, 3.05) is 0 Å². The van der Waals surface area contributed by atoms with E-state index in [2.05, 4.69) is 0 Å². The lowest BCUT2D eigenvalue weighted by molar-refractivity contribution is -0.139. The molecule has 0 saturated carbocycles. The van der Waals surface area contributed by atoms with E-state index in [0.717, 1.165) is 5.56 Å². The monoisotopic (exact) mass is 209 g/mol. The van der Waals surface area contributed by atoms with Gasteiger partial charge in [-0.25, -0.2) is 0 Å². The van der Waals surface area contributed by atoms with Gasteiger partial charge in [0.1, 0.15) is 5.92 Å². The van der Waals surface area contributed by atoms with E-state index >= 15 is 0 Å². The number of nitriles is 1. The molecule has 0 saturated heterocycles. The summed E-state index contributed by atoms with van der Waals surface area (Å²) in [5.74, 6) is -2.08. The summed E-state index contributed by atoms with van der Waals surface area (Å²) in [6.07, 6.45) is 0.211. The normalized spacial score (nSPS) is 11.7. The topological polar surface area (TPSA) is 61.1 Å². The predicted octanol–water partition coefficient (Wildman–Crippen LogP) is 2.11. The summed E-state index contributed by atoms with van der Waals surface area (Å²) >= 11 is 5.66. The Labute approximate surface area is 86.5 Å². The van der Waals surface area contributed by atoms with Crippen LogP contribution in [0.4, 0.5) is 0 Å². The fraction of sp³-hybridized carbons (Fsp3) is 0.200. The van der Waals surface area contributed by atoms with Gasteiger partial charge in [-0.3, -0.25) is 4.79 Å². The average Bonchev–Trinajstić information content (AvgIpc) is 2.16. The Morgan fingerprint density at radius 3 is 2.50 bits per heavy atom. The molecule has 14 heavy (non-hydrogen) atoms. The van der Waals surface area contributed by atoms with Gasteiger partial charge < -0.3 is 5.11 Å². The largest absolute Gasteiger partial charge is 0.480 e. The number of carboxylic acid groups (broad SMARTS) is 1. The van der Waals surface area contributed by atoms with Crippen LogP contribution in [0.1, 0.15) is 5.56 Å². The van der Waals surface area contributed by atoms with Crippen molar-refractivity contribution in [3.8, 4) is 6.07 Å². The lowest BCUT2D eigenvalue weighted by Crippen LogP contribution is -2.13. The van der Waals surface area contributed by atoms with Gasteiger partial charge in [-0.2, -0.15) is 5.26 Å². The molecule has 0 amide bonds. The number of hydrogen-bond acceptors (Lipinski definition) is 2. The standard InChI is InChI=1S/C10H8ClNO2/c11-9-3-1-7(2-4-9)5-8(6-12)10(13)14/h1-4,8H,5H2,(H,13,14)/t8-/m0/s1. The maximum atomic E-state index is 10.6. The molecular formula is C10H8ClNO2. The minimum Gasteiger partial charge on any atom is -0.480 e. The zero-order valence-corrected chi connectivity index (χ0v) is 8.03. The molecule has 0 aliphatic carbocycles. The quantitative estimate of drug-likeness (QED) is 0.830. The second kappa shape index (κ2) is 4.64. The molecule has 0 bridgehead atoms. The molecular weight excluding hydrogens is 202 g/mol. The Bertz CT molecular complexity index is 367. The number of carbonyl (C=O) groups is 1. The van der Waals surface area contributed by atoms with E-state index in [0.29, 0.717) is 5.02 Å². The summed E-state index contributed by atoms with van der Waals surface area (Å²) in [6.45, 7) is 0. The zero-order chi connectivity index (χ0) is 10.6. The molecule has 0 radical (unpaired) electrons. The maximum Gasteiger partial charge on any atom is 0.321 e. The number of hydrogen-bond donors (Lipinski definition) is 1. The first-order valence-electron chi connectivity index (χ1n) is 4.00. The van der Waals surface area contributed by atoms with E-state index < -0.39 is 11.9 Å². The molecule has 1 rings (SSSR count). The summed E-state index contributed by atoms with van der Waals surface area (Å²) in [4.78, 5) is 10.6. The molecule has 0 aliphatic rings. The molecule has 72 valence electrons. The van der Waals surface area contributed by atoms with Crippen LogP contribution in [0, 0.1) is 17.2 Å². The predicted molar refractivity (Wildman–Crippen MR) is 51.9 cm³/mol. The van der Waals surface area contributed by atoms with Gasteiger partial charge in [0, 0.05) is 5.02 Å². The third kappa shape index (κ3) is 2.75. The Morgan fingerprint density at radius 1 is 1.50 bits per heavy atom. The minimum absolute atomic E-state index is 0.211. The minimum atomic E-state index is -1.09. The number of rotatable bonds is 3. The Kier molecular flexibility index (Phi) is 3.49. The van der Waals surface area contributed by atoms with Crippen LogP contribution in [-0.4, -0.2) is 11.1 Å². The van der Waals surface area contributed by atoms with Crippen molar-refractivity contribution >= 4 is 17.6 Å². The van der Waals surface area contributed by atoms with Crippen LogP contribution in [0.25, 0.3) is 0 Å². The highest BCUT2D eigenvalue weighted by Crippen LogP contribution is 2.13. The lowest BCUT2D eigenvalue weighted by atomic mass is 10.0. The summed E-state index contributed by atoms with van der Waals surface area (Å²) in [7, 11) is 0. The highest BCUT2D eigenvalue weighted by atomic mass is 35.5. The fourth-order valence-electron chi connectivity index (χ4n) is 1.04. The first kappa shape index (κ1) is 10.6. The van der Waals surface area contributed by atoms with Gasteiger partial charge in [0.05, 0.1) is 6.07 Å². The van der Waals surface area contributed by atoms with Crippen molar-refractivity contribution in [1.29, 1.82) is 5.26 Å². The van der Waals surface area contributed by atoms with Crippen molar-refractivity contribution in [2.45, 2.75) is 6.42 Å². The van der Waals surface area contributed by atoms with Crippen LogP contribution in [0.2, 0.25) is 5.02 Å². The first-order chi connectivity index (χ1) is 6.63. The Morgan fingerprint density at radius 2 is 2.07 bits per heavy atom. The third-order valence-corrected chi connectivity index (χ3v) is 2.06. The van der Waals surface area contributed by atoms with E-state index in [9.17, 15) is 4.79 Å². The molecule has 0 aromatic heterocycles. The average molecular weight is 210 g/mol. The van der Waals surface area contributed by atoms with Gasteiger partial charge in [0.25, 0.3) is 0 Å². The molecule has 0 aliphatic heterocycles. The van der Waals surface area contributed by atoms with Crippen molar-refractivity contribution < 1.29 is 9.90 Å². The van der Waals surface area contributed by atoms with E-state index in [1.54, 1.807) is 30.3 Å². The van der Waals surface area contributed by atoms with Gasteiger partial charge in [0.15, 0.2) is 0 Å². The van der Waals surface area contributed by atoms with Crippen molar-refractivity contribution in [2.24, 2.45) is 5.92 Å². The van der Waals surface area contributed by atoms with Crippen LogP contribution in [-0.2, 0) is 11.2 Å². The Balaban J connectivity index is 2.74. The van der Waals surface area contributed by atoms with Gasteiger partial charge in [-0.1, -0.05) is 23.7 Å².